The second kappa shape index (κ2) is 8.83. The molecule has 26 heavy (non-hydrogen) atoms. The van der Waals surface area contributed by atoms with E-state index in [2.05, 4.69) is 10.3 Å². The van der Waals surface area contributed by atoms with Crippen LogP contribution in [0.25, 0.3) is 10.9 Å². The Kier molecular flexibility index (Phi) is 6.26. The molecule has 1 N–H and O–H groups in total. The molecule has 0 aliphatic carbocycles. The molecule has 1 aliphatic heterocycles. The number of fused-ring (bicyclic) bond motifs is 1. The molecule has 1 atom stereocenters. The van der Waals surface area contributed by atoms with Crippen LogP contribution >= 0.6 is 11.8 Å². The van der Waals surface area contributed by atoms with E-state index in [1.54, 1.807) is 16.7 Å². The van der Waals surface area contributed by atoms with Gasteiger partial charge in [0.2, 0.25) is 5.91 Å². The number of nitriles is 1. The van der Waals surface area contributed by atoms with Crippen LogP contribution in [-0.2, 0) is 16.1 Å². The maximum Gasteiger partial charge on any atom is 0.262 e. The molecule has 1 saturated heterocycles. The first-order valence-electron chi connectivity index (χ1n) is 8.56. The Bertz CT molecular complexity index is 884. The van der Waals surface area contributed by atoms with Crippen LogP contribution in [0.3, 0.4) is 0 Å². The highest BCUT2D eigenvalue weighted by molar-refractivity contribution is 7.99. The summed E-state index contributed by atoms with van der Waals surface area (Å²) in [6.07, 6.45) is 2.18. The van der Waals surface area contributed by atoms with Crippen molar-refractivity contribution in [2.75, 3.05) is 18.9 Å². The maximum atomic E-state index is 12.9. The van der Waals surface area contributed by atoms with Crippen molar-refractivity contribution in [3.8, 4) is 6.07 Å². The molecule has 136 valence electrons. The number of aromatic nitrogens is 2. The second-order valence-corrected chi connectivity index (χ2v) is 6.95. The van der Waals surface area contributed by atoms with Gasteiger partial charge >= 0.3 is 0 Å². The van der Waals surface area contributed by atoms with Gasteiger partial charge in [0.15, 0.2) is 5.16 Å². The zero-order valence-corrected chi connectivity index (χ0v) is 15.1. The Morgan fingerprint density at radius 3 is 3.08 bits per heavy atom. The van der Waals surface area contributed by atoms with E-state index in [4.69, 9.17) is 10.00 Å². The van der Waals surface area contributed by atoms with Gasteiger partial charge in [-0.3, -0.25) is 14.2 Å². The van der Waals surface area contributed by atoms with Crippen molar-refractivity contribution in [2.45, 2.75) is 37.1 Å². The summed E-state index contributed by atoms with van der Waals surface area (Å²) < 4.78 is 7.28. The number of rotatable bonds is 7. The standard InChI is InChI=1S/C18H20N4O3S/c19-8-4-9-20-16(23)12-26-18-21-15-7-2-1-6-14(15)17(24)22(18)11-13-5-3-10-25-13/h1-2,6-7,13H,3-5,9-12H2,(H,20,23)/t13-/m0/s1. The highest BCUT2D eigenvalue weighted by Crippen LogP contribution is 2.20. The summed E-state index contributed by atoms with van der Waals surface area (Å²) in [5.74, 6) is -0.0434. The number of nitrogens with zero attached hydrogens (tertiary/aromatic N) is 3. The summed E-state index contributed by atoms with van der Waals surface area (Å²) >= 11 is 1.23. The van der Waals surface area contributed by atoms with E-state index in [1.807, 2.05) is 18.2 Å². The van der Waals surface area contributed by atoms with E-state index >= 15 is 0 Å². The summed E-state index contributed by atoms with van der Waals surface area (Å²) in [4.78, 5) is 29.4. The molecule has 8 heteroatoms. The topological polar surface area (TPSA) is 97.0 Å². The Morgan fingerprint density at radius 2 is 2.31 bits per heavy atom. The van der Waals surface area contributed by atoms with Gasteiger partial charge in [-0.15, -0.1) is 0 Å². The number of carbonyl (C=O) groups is 1. The molecule has 0 unspecified atom stereocenters. The SMILES string of the molecule is N#CCCNC(=O)CSc1nc2ccccc2c(=O)n1C[C@@H]1CCCO1. The average Bonchev–Trinajstić information content (AvgIpc) is 3.16. The van der Waals surface area contributed by atoms with E-state index in [9.17, 15) is 9.59 Å². The number of para-hydroxylation sites is 1. The van der Waals surface area contributed by atoms with E-state index in [1.165, 1.54) is 11.8 Å². The van der Waals surface area contributed by atoms with Crippen LogP contribution in [0.1, 0.15) is 19.3 Å². The number of amides is 1. The zero-order valence-electron chi connectivity index (χ0n) is 14.3. The van der Waals surface area contributed by atoms with Crippen LogP contribution in [0, 0.1) is 11.3 Å². The van der Waals surface area contributed by atoms with Crippen LogP contribution in [0.5, 0.6) is 0 Å². The van der Waals surface area contributed by atoms with Crippen LogP contribution in [0.4, 0.5) is 0 Å². The summed E-state index contributed by atoms with van der Waals surface area (Å²) in [6, 6.07) is 9.19. The van der Waals surface area contributed by atoms with E-state index in [-0.39, 0.29) is 29.7 Å². The predicted molar refractivity (Wildman–Crippen MR) is 98.9 cm³/mol. The first-order chi connectivity index (χ1) is 12.7. The molecule has 0 bridgehead atoms. The van der Waals surface area contributed by atoms with Gasteiger partial charge < -0.3 is 10.1 Å². The number of nitrogens with one attached hydrogen (secondary N) is 1. The van der Waals surface area contributed by atoms with Gasteiger partial charge in [-0.2, -0.15) is 5.26 Å². The number of hydrogen-bond donors (Lipinski definition) is 1. The lowest BCUT2D eigenvalue weighted by Gasteiger charge is -2.16. The minimum absolute atomic E-state index is 0.000493. The zero-order chi connectivity index (χ0) is 18.4. The molecule has 1 aromatic heterocycles. The molecular weight excluding hydrogens is 352 g/mol. The summed E-state index contributed by atoms with van der Waals surface area (Å²) in [5, 5.41) is 12.3. The van der Waals surface area contributed by atoms with Crippen molar-refractivity contribution in [1.82, 2.24) is 14.9 Å². The largest absolute Gasteiger partial charge is 0.376 e. The molecule has 0 saturated carbocycles. The molecule has 0 radical (unpaired) electrons. The van der Waals surface area contributed by atoms with Crippen molar-refractivity contribution in [2.24, 2.45) is 0 Å². The molecule has 7 nitrogen and oxygen atoms in total. The smallest absolute Gasteiger partial charge is 0.262 e. The molecule has 1 amide bonds. The average molecular weight is 372 g/mol. The van der Waals surface area contributed by atoms with E-state index in [0.29, 0.717) is 35.8 Å². The summed E-state index contributed by atoms with van der Waals surface area (Å²) in [6.45, 7) is 1.48. The third-order valence-corrected chi connectivity index (χ3v) is 5.10. The van der Waals surface area contributed by atoms with Crippen molar-refractivity contribution in [1.29, 1.82) is 5.26 Å². The first kappa shape index (κ1) is 18.4. The van der Waals surface area contributed by atoms with Crippen LogP contribution in [0.15, 0.2) is 34.2 Å². The minimum Gasteiger partial charge on any atom is -0.376 e. The van der Waals surface area contributed by atoms with Crippen LogP contribution in [0.2, 0.25) is 0 Å². The predicted octanol–water partition coefficient (Wildman–Crippen LogP) is 1.70. The van der Waals surface area contributed by atoms with Crippen LogP contribution < -0.4 is 10.9 Å². The maximum absolute atomic E-state index is 12.9. The molecular formula is C18H20N4O3S. The third kappa shape index (κ3) is 4.42. The Balaban J connectivity index is 1.83. The lowest BCUT2D eigenvalue weighted by molar-refractivity contribution is -0.118. The molecule has 0 spiro atoms. The van der Waals surface area contributed by atoms with E-state index in [0.717, 1.165) is 12.8 Å². The van der Waals surface area contributed by atoms with E-state index < -0.39 is 0 Å². The van der Waals surface area contributed by atoms with Gasteiger partial charge in [0.05, 0.1) is 41.8 Å². The lowest BCUT2D eigenvalue weighted by atomic mass is 10.2. The number of hydrogen-bond acceptors (Lipinski definition) is 6. The fourth-order valence-electron chi connectivity index (χ4n) is 2.85. The van der Waals surface area contributed by atoms with Gasteiger partial charge in [0, 0.05) is 13.2 Å². The number of thioether (sulfide) groups is 1. The lowest BCUT2D eigenvalue weighted by Crippen LogP contribution is -2.30. The summed E-state index contributed by atoms with van der Waals surface area (Å²) in [5.41, 5.74) is 0.506. The normalized spacial score (nSPS) is 16.5. The number of benzene rings is 1. The van der Waals surface area contributed by atoms with Crippen LogP contribution in [-0.4, -0.2) is 40.5 Å². The molecule has 3 rings (SSSR count). The minimum atomic E-state index is -0.184. The summed E-state index contributed by atoms with van der Waals surface area (Å²) in [7, 11) is 0. The van der Waals surface area contributed by atoms with Gasteiger partial charge in [-0.1, -0.05) is 23.9 Å². The van der Waals surface area contributed by atoms with Crippen molar-refractivity contribution in [3.05, 3.63) is 34.6 Å². The third-order valence-electron chi connectivity index (χ3n) is 4.13. The van der Waals surface area contributed by atoms with Gasteiger partial charge in [0.25, 0.3) is 5.56 Å². The molecule has 2 heterocycles. The first-order valence-corrected chi connectivity index (χ1v) is 9.55. The Labute approximate surface area is 155 Å². The highest BCUT2D eigenvalue weighted by atomic mass is 32.2. The Morgan fingerprint density at radius 1 is 1.46 bits per heavy atom. The number of carbonyl (C=O) groups excluding carboxylic acids is 1. The fraction of sp³-hybridized carbons (Fsp3) is 0.444. The molecule has 1 aromatic carbocycles. The number of ether oxygens (including phenoxy) is 1. The van der Waals surface area contributed by atoms with Crippen molar-refractivity contribution in [3.63, 3.8) is 0 Å². The van der Waals surface area contributed by atoms with Gasteiger partial charge in [-0.25, -0.2) is 4.98 Å². The monoisotopic (exact) mass is 372 g/mol. The quantitative estimate of drug-likeness (QED) is 0.451. The Hall–Kier alpha value is -2.37. The molecule has 1 fully saturated rings. The highest BCUT2D eigenvalue weighted by Gasteiger charge is 2.20. The van der Waals surface area contributed by atoms with Crippen molar-refractivity contribution >= 4 is 28.6 Å². The molecule has 1 aliphatic rings. The fourth-order valence-corrected chi connectivity index (χ4v) is 3.69. The van der Waals surface area contributed by atoms with Gasteiger partial charge in [0.1, 0.15) is 0 Å². The molecule has 2 aromatic rings. The van der Waals surface area contributed by atoms with Gasteiger partial charge in [-0.05, 0) is 25.0 Å². The van der Waals surface area contributed by atoms with Crippen molar-refractivity contribution < 1.29 is 9.53 Å². The second-order valence-electron chi connectivity index (χ2n) is 6.01.